The lowest BCUT2D eigenvalue weighted by Crippen LogP contribution is -2.39. The van der Waals surface area contributed by atoms with Crippen LogP contribution in [0.15, 0.2) is 42.6 Å². The van der Waals surface area contributed by atoms with E-state index >= 15 is 0 Å². The smallest absolute Gasteiger partial charge is 0.370 e. The van der Waals surface area contributed by atoms with E-state index in [9.17, 15) is 13.2 Å². The second-order valence-corrected chi connectivity index (χ2v) is 5.41. The zero-order valence-corrected chi connectivity index (χ0v) is 12.6. The predicted molar refractivity (Wildman–Crippen MR) is 81.3 cm³/mol. The standard InChI is InChI=1S/C17H14F3N3O/c18-17(19,20)14-4-2-1-3-13(14)15-11-23(7-8-24-15)16-6-5-12(9-21)10-22-16/h1-6,10,15H,7-8,11H2/t15-/m0/s1. The molecular weight excluding hydrogens is 319 g/mol. The molecule has 0 unspecified atom stereocenters. The Morgan fingerprint density at radius 3 is 2.67 bits per heavy atom. The van der Waals surface area contributed by atoms with Gasteiger partial charge in [-0.25, -0.2) is 4.98 Å². The second kappa shape index (κ2) is 6.49. The highest BCUT2D eigenvalue weighted by Crippen LogP contribution is 2.36. The topological polar surface area (TPSA) is 49.2 Å². The van der Waals surface area contributed by atoms with Crippen LogP contribution in [0.1, 0.15) is 22.8 Å². The van der Waals surface area contributed by atoms with Gasteiger partial charge in [0.15, 0.2) is 0 Å². The minimum atomic E-state index is -4.42. The van der Waals surface area contributed by atoms with Gasteiger partial charge in [-0.1, -0.05) is 18.2 Å². The zero-order chi connectivity index (χ0) is 17.2. The first-order chi connectivity index (χ1) is 11.5. The molecule has 7 heteroatoms. The fraction of sp³-hybridized carbons (Fsp3) is 0.294. The van der Waals surface area contributed by atoms with Gasteiger partial charge in [0.1, 0.15) is 18.0 Å². The number of nitriles is 1. The number of ether oxygens (including phenoxy) is 1. The van der Waals surface area contributed by atoms with Crippen molar-refractivity contribution in [3.63, 3.8) is 0 Å². The second-order valence-electron chi connectivity index (χ2n) is 5.41. The molecule has 1 fully saturated rings. The summed E-state index contributed by atoms with van der Waals surface area (Å²) in [7, 11) is 0. The molecule has 0 radical (unpaired) electrons. The largest absolute Gasteiger partial charge is 0.416 e. The third-order valence-electron chi connectivity index (χ3n) is 3.88. The monoisotopic (exact) mass is 333 g/mol. The Labute approximate surface area is 137 Å². The number of hydrogen-bond donors (Lipinski definition) is 0. The van der Waals surface area contributed by atoms with Crippen molar-refractivity contribution in [3.05, 3.63) is 59.3 Å². The van der Waals surface area contributed by atoms with Crippen molar-refractivity contribution < 1.29 is 17.9 Å². The molecule has 2 heterocycles. The quantitative estimate of drug-likeness (QED) is 0.843. The van der Waals surface area contributed by atoms with E-state index in [1.54, 1.807) is 18.2 Å². The maximum Gasteiger partial charge on any atom is 0.416 e. The number of rotatable bonds is 2. The Hall–Kier alpha value is -2.59. The first-order valence-electron chi connectivity index (χ1n) is 7.38. The van der Waals surface area contributed by atoms with Gasteiger partial charge in [-0.3, -0.25) is 0 Å². The zero-order valence-electron chi connectivity index (χ0n) is 12.6. The molecular formula is C17H14F3N3O. The number of nitrogens with zero attached hydrogens (tertiary/aromatic N) is 3. The molecule has 4 nitrogen and oxygen atoms in total. The number of benzene rings is 1. The first kappa shape index (κ1) is 16.3. The SMILES string of the molecule is N#Cc1ccc(N2CCO[C@H](c3ccccc3C(F)(F)F)C2)nc1. The molecule has 1 atom stereocenters. The van der Waals surface area contributed by atoms with Crippen molar-refractivity contribution in [2.45, 2.75) is 12.3 Å². The number of alkyl halides is 3. The highest BCUT2D eigenvalue weighted by Gasteiger charge is 2.36. The fourth-order valence-corrected chi connectivity index (χ4v) is 2.72. The van der Waals surface area contributed by atoms with E-state index in [2.05, 4.69) is 4.98 Å². The summed E-state index contributed by atoms with van der Waals surface area (Å²) in [6.07, 6.45) is -3.66. The van der Waals surface area contributed by atoms with Crippen molar-refractivity contribution in [1.29, 1.82) is 5.26 Å². The molecule has 3 rings (SSSR count). The first-order valence-corrected chi connectivity index (χ1v) is 7.38. The molecule has 1 saturated heterocycles. The number of hydrogen-bond acceptors (Lipinski definition) is 4. The molecule has 1 aliphatic rings. The van der Waals surface area contributed by atoms with Crippen LogP contribution in [0.25, 0.3) is 0 Å². The predicted octanol–water partition coefficient (Wildman–Crippen LogP) is 3.55. The number of anilines is 1. The fourth-order valence-electron chi connectivity index (χ4n) is 2.72. The molecule has 0 bridgehead atoms. The normalized spacial score (nSPS) is 18.2. The molecule has 2 aromatic rings. The molecule has 1 aromatic carbocycles. The maximum atomic E-state index is 13.2. The van der Waals surface area contributed by atoms with Gasteiger partial charge in [-0.2, -0.15) is 18.4 Å². The van der Waals surface area contributed by atoms with Gasteiger partial charge < -0.3 is 9.64 Å². The summed E-state index contributed by atoms with van der Waals surface area (Å²) in [6, 6.07) is 10.8. The summed E-state index contributed by atoms with van der Waals surface area (Å²) < 4.78 is 45.2. The summed E-state index contributed by atoms with van der Waals surface area (Å²) in [4.78, 5) is 6.06. The molecule has 24 heavy (non-hydrogen) atoms. The lowest BCUT2D eigenvalue weighted by atomic mass is 10.0. The van der Waals surface area contributed by atoms with E-state index in [4.69, 9.17) is 10.00 Å². The summed E-state index contributed by atoms with van der Waals surface area (Å²) in [5.74, 6) is 0.617. The third kappa shape index (κ3) is 3.34. The summed E-state index contributed by atoms with van der Waals surface area (Å²) >= 11 is 0. The minimum Gasteiger partial charge on any atom is -0.370 e. The highest BCUT2D eigenvalue weighted by molar-refractivity contribution is 5.43. The van der Waals surface area contributed by atoms with Crippen molar-refractivity contribution in [1.82, 2.24) is 4.98 Å². The molecule has 0 saturated carbocycles. The molecule has 1 aromatic heterocycles. The maximum absolute atomic E-state index is 13.2. The van der Waals surface area contributed by atoms with Crippen LogP contribution in [0.5, 0.6) is 0 Å². The summed E-state index contributed by atoms with van der Waals surface area (Å²) in [6.45, 7) is 1.11. The lowest BCUT2D eigenvalue weighted by molar-refractivity contribution is -0.139. The Morgan fingerprint density at radius 1 is 1.21 bits per heavy atom. The van der Waals surface area contributed by atoms with Crippen molar-refractivity contribution in [3.8, 4) is 6.07 Å². The van der Waals surface area contributed by atoms with Crippen LogP contribution in [0.2, 0.25) is 0 Å². The van der Waals surface area contributed by atoms with Gasteiger partial charge in [0.2, 0.25) is 0 Å². The minimum absolute atomic E-state index is 0.128. The van der Waals surface area contributed by atoms with Crippen LogP contribution >= 0.6 is 0 Å². The van der Waals surface area contributed by atoms with E-state index in [1.807, 2.05) is 11.0 Å². The van der Waals surface area contributed by atoms with Crippen LogP contribution in [-0.2, 0) is 10.9 Å². The van der Waals surface area contributed by atoms with Crippen LogP contribution < -0.4 is 4.90 Å². The third-order valence-corrected chi connectivity index (χ3v) is 3.88. The summed E-state index contributed by atoms with van der Waals surface area (Å²) in [5, 5.41) is 8.81. The van der Waals surface area contributed by atoms with Gasteiger partial charge >= 0.3 is 6.18 Å². The van der Waals surface area contributed by atoms with Crippen LogP contribution in [0.4, 0.5) is 19.0 Å². The number of morpholine rings is 1. The van der Waals surface area contributed by atoms with E-state index < -0.39 is 17.8 Å². The Balaban J connectivity index is 1.85. The Morgan fingerprint density at radius 2 is 2.00 bits per heavy atom. The van der Waals surface area contributed by atoms with Crippen LogP contribution in [0.3, 0.4) is 0 Å². The van der Waals surface area contributed by atoms with Gasteiger partial charge in [-0.05, 0) is 23.8 Å². The highest BCUT2D eigenvalue weighted by atomic mass is 19.4. The number of pyridine rings is 1. The van der Waals surface area contributed by atoms with Crippen LogP contribution in [0, 0.1) is 11.3 Å². The molecule has 0 aliphatic carbocycles. The molecule has 0 spiro atoms. The average molecular weight is 333 g/mol. The Bertz CT molecular complexity index is 753. The van der Waals surface area contributed by atoms with Crippen molar-refractivity contribution in [2.24, 2.45) is 0 Å². The van der Waals surface area contributed by atoms with Gasteiger partial charge in [0.25, 0.3) is 0 Å². The summed E-state index contributed by atoms with van der Waals surface area (Å²) in [5.41, 5.74) is -0.112. The van der Waals surface area contributed by atoms with Crippen molar-refractivity contribution >= 4 is 5.82 Å². The lowest BCUT2D eigenvalue weighted by Gasteiger charge is -2.34. The van der Waals surface area contributed by atoms with Crippen molar-refractivity contribution in [2.75, 3.05) is 24.6 Å². The average Bonchev–Trinajstić information content (AvgIpc) is 2.61. The molecule has 124 valence electrons. The molecule has 1 aliphatic heterocycles. The molecule has 0 N–H and O–H groups in total. The number of aromatic nitrogens is 1. The van der Waals surface area contributed by atoms with Gasteiger partial charge in [0, 0.05) is 19.3 Å². The van der Waals surface area contributed by atoms with Gasteiger partial charge in [0.05, 0.1) is 17.7 Å². The number of halogens is 3. The van der Waals surface area contributed by atoms with Crippen LogP contribution in [-0.4, -0.2) is 24.7 Å². The van der Waals surface area contributed by atoms with Gasteiger partial charge in [-0.15, -0.1) is 0 Å². The Kier molecular flexibility index (Phi) is 4.40. The van der Waals surface area contributed by atoms with E-state index in [1.165, 1.54) is 18.3 Å². The van der Waals surface area contributed by atoms with E-state index in [-0.39, 0.29) is 12.1 Å². The van der Waals surface area contributed by atoms with E-state index in [0.29, 0.717) is 24.5 Å². The molecule has 0 amide bonds. The van der Waals surface area contributed by atoms with E-state index in [0.717, 1.165) is 6.07 Å².